The first-order valence-corrected chi connectivity index (χ1v) is 9.77. The fourth-order valence-corrected chi connectivity index (χ4v) is 3.44. The monoisotopic (exact) mass is 378 g/mol. The van der Waals surface area contributed by atoms with Crippen molar-refractivity contribution in [2.75, 3.05) is 13.2 Å². The Bertz CT molecular complexity index is 563. The normalized spacial score (nSPS) is 33.4. The van der Waals surface area contributed by atoms with E-state index < -0.39 is 37.0 Å². The molecule has 0 bridgehead atoms. The third kappa shape index (κ3) is 5.38. The molecule has 0 spiro atoms. The number of fused-ring (bicyclic) bond motifs is 1. The first-order valence-electron chi connectivity index (χ1n) is 9.77. The number of hydrogen-bond donors (Lipinski definition) is 2. The van der Waals surface area contributed by atoms with Crippen LogP contribution in [-0.2, 0) is 18.9 Å². The summed E-state index contributed by atoms with van der Waals surface area (Å²) in [4.78, 5) is 0. The van der Waals surface area contributed by atoms with E-state index in [2.05, 4.69) is 6.58 Å². The molecule has 2 saturated heterocycles. The highest BCUT2D eigenvalue weighted by molar-refractivity contribution is 5.16. The van der Waals surface area contributed by atoms with Crippen molar-refractivity contribution in [1.29, 1.82) is 0 Å². The summed E-state index contributed by atoms with van der Waals surface area (Å²) < 4.78 is 23.1. The van der Waals surface area contributed by atoms with Crippen LogP contribution in [0.1, 0.15) is 44.0 Å². The van der Waals surface area contributed by atoms with Crippen molar-refractivity contribution in [2.24, 2.45) is 0 Å². The molecule has 2 aliphatic rings. The van der Waals surface area contributed by atoms with E-state index in [9.17, 15) is 10.2 Å². The first kappa shape index (κ1) is 20.5. The molecule has 4 unspecified atom stereocenters. The molecular weight excluding hydrogens is 348 g/mol. The van der Waals surface area contributed by atoms with Gasteiger partial charge in [-0.05, 0) is 19.3 Å². The van der Waals surface area contributed by atoms with E-state index in [0.29, 0.717) is 6.61 Å². The topological polar surface area (TPSA) is 77.4 Å². The Kier molecular flexibility index (Phi) is 7.81. The fraction of sp³-hybridized carbons (Fsp3) is 0.619. The lowest BCUT2D eigenvalue weighted by atomic mass is 9.98. The Morgan fingerprint density at radius 3 is 2.59 bits per heavy atom. The van der Waals surface area contributed by atoms with Gasteiger partial charge in [-0.15, -0.1) is 6.58 Å². The molecule has 6 nitrogen and oxygen atoms in total. The predicted octanol–water partition coefficient (Wildman–Crippen LogP) is 2.70. The van der Waals surface area contributed by atoms with Gasteiger partial charge in [0.15, 0.2) is 12.6 Å². The number of benzene rings is 1. The lowest BCUT2D eigenvalue weighted by Gasteiger charge is -2.46. The van der Waals surface area contributed by atoms with Crippen LogP contribution < -0.4 is 0 Å². The van der Waals surface area contributed by atoms with Crippen LogP contribution in [0.3, 0.4) is 0 Å². The molecule has 6 heteroatoms. The maximum absolute atomic E-state index is 10.5. The maximum atomic E-state index is 10.5. The van der Waals surface area contributed by atoms with Crippen molar-refractivity contribution < 1.29 is 29.2 Å². The van der Waals surface area contributed by atoms with Crippen LogP contribution >= 0.6 is 0 Å². The van der Waals surface area contributed by atoms with Gasteiger partial charge < -0.3 is 29.2 Å². The van der Waals surface area contributed by atoms with Crippen molar-refractivity contribution in [1.82, 2.24) is 0 Å². The molecule has 0 aromatic heterocycles. The molecule has 0 aliphatic carbocycles. The van der Waals surface area contributed by atoms with Gasteiger partial charge in [0.05, 0.1) is 6.61 Å². The molecule has 6 atom stereocenters. The van der Waals surface area contributed by atoms with Crippen LogP contribution in [0.15, 0.2) is 43.0 Å². The summed E-state index contributed by atoms with van der Waals surface area (Å²) in [5.74, 6) is 0. The number of aliphatic hydroxyl groups is 2. The number of hydrogen-bond acceptors (Lipinski definition) is 6. The van der Waals surface area contributed by atoms with E-state index in [1.807, 2.05) is 36.4 Å². The van der Waals surface area contributed by atoms with Crippen LogP contribution in [0, 0.1) is 0 Å². The minimum absolute atomic E-state index is 0.273. The van der Waals surface area contributed by atoms with E-state index >= 15 is 0 Å². The van der Waals surface area contributed by atoms with E-state index in [4.69, 9.17) is 18.9 Å². The largest absolute Gasteiger partial charge is 0.387 e. The minimum atomic E-state index is -1.15. The van der Waals surface area contributed by atoms with Gasteiger partial charge in [-0.2, -0.15) is 0 Å². The summed E-state index contributed by atoms with van der Waals surface area (Å²) in [6.07, 6.45) is 2.34. The third-order valence-corrected chi connectivity index (χ3v) is 4.99. The molecule has 150 valence electrons. The first-order chi connectivity index (χ1) is 13.2. The molecule has 2 N–H and O–H groups in total. The van der Waals surface area contributed by atoms with Gasteiger partial charge in [-0.3, -0.25) is 0 Å². The number of aliphatic hydroxyl groups excluding tert-OH is 2. The van der Waals surface area contributed by atoms with Crippen LogP contribution in [0.5, 0.6) is 0 Å². The average Bonchev–Trinajstić information content (AvgIpc) is 2.71. The van der Waals surface area contributed by atoms with Crippen molar-refractivity contribution in [3.05, 3.63) is 48.6 Å². The number of rotatable bonds is 9. The number of allylic oxidation sites excluding steroid dienone is 1. The molecule has 0 radical (unpaired) electrons. The van der Waals surface area contributed by atoms with Crippen molar-refractivity contribution in [3.63, 3.8) is 0 Å². The van der Waals surface area contributed by atoms with Gasteiger partial charge in [-0.1, -0.05) is 49.2 Å². The Morgan fingerprint density at radius 1 is 1.04 bits per heavy atom. The van der Waals surface area contributed by atoms with Crippen molar-refractivity contribution in [3.8, 4) is 0 Å². The Balaban J connectivity index is 1.46. The van der Waals surface area contributed by atoms with E-state index in [0.717, 1.165) is 37.7 Å². The van der Waals surface area contributed by atoms with Gasteiger partial charge in [-0.25, -0.2) is 0 Å². The standard InChI is InChI=1S/C21H30O6/c1-2-3-4-5-6-10-13-24-21-18(23)17(22)19-16(26-21)14-25-20(27-19)15-11-8-7-9-12-15/h2,7-9,11-12,16-23H,1,3-6,10,13-14H2/t16?,17?,18?,19-,20?,21-/m1/s1. The zero-order valence-electron chi connectivity index (χ0n) is 15.6. The van der Waals surface area contributed by atoms with E-state index in [-0.39, 0.29) is 6.61 Å². The average molecular weight is 378 g/mol. The van der Waals surface area contributed by atoms with Gasteiger partial charge >= 0.3 is 0 Å². The van der Waals surface area contributed by atoms with Crippen LogP contribution in [-0.4, -0.2) is 54.1 Å². The summed E-state index contributed by atoms with van der Waals surface area (Å²) in [5.41, 5.74) is 0.868. The highest BCUT2D eigenvalue weighted by atomic mass is 16.8. The van der Waals surface area contributed by atoms with Gasteiger partial charge in [0, 0.05) is 12.2 Å². The van der Waals surface area contributed by atoms with Crippen LogP contribution in [0.2, 0.25) is 0 Å². The predicted molar refractivity (Wildman–Crippen MR) is 99.9 cm³/mol. The van der Waals surface area contributed by atoms with Crippen molar-refractivity contribution >= 4 is 0 Å². The SMILES string of the molecule is C=CCCCCCCO[C@@H]1OC2COC(c3ccccc3)O[C@H]2C(O)C1O. The molecular formula is C21H30O6. The summed E-state index contributed by atoms with van der Waals surface area (Å²) in [6, 6.07) is 9.52. The van der Waals surface area contributed by atoms with Gasteiger partial charge in [0.2, 0.25) is 0 Å². The van der Waals surface area contributed by atoms with Crippen LogP contribution in [0.25, 0.3) is 0 Å². The molecule has 2 heterocycles. The number of unbranched alkanes of at least 4 members (excludes halogenated alkanes) is 4. The third-order valence-electron chi connectivity index (χ3n) is 4.99. The summed E-state index contributed by atoms with van der Waals surface area (Å²) >= 11 is 0. The van der Waals surface area contributed by atoms with Crippen LogP contribution in [0.4, 0.5) is 0 Å². The smallest absolute Gasteiger partial charge is 0.186 e. The summed E-state index contributed by atoms with van der Waals surface area (Å²) in [5, 5.41) is 20.9. The molecule has 1 aromatic rings. The van der Waals surface area contributed by atoms with Gasteiger partial charge in [0.25, 0.3) is 0 Å². The Morgan fingerprint density at radius 2 is 1.81 bits per heavy atom. The molecule has 3 rings (SSSR count). The molecule has 27 heavy (non-hydrogen) atoms. The Labute approximate surface area is 160 Å². The summed E-state index contributed by atoms with van der Waals surface area (Å²) in [7, 11) is 0. The maximum Gasteiger partial charge on any atom is 0.186 e. The molecule has 2 fully saturated rings. The minimum Gasteiger partial charge on any atom is -0.387 e. The second kappa shape index (κ2) is 10.3. The lowest BCUT2D eigenvalue weighted by molar-refractivity contribution is -0.361. The fourth-order valence-electron chi connectivity index (χ4n) is 3.44. The lowest BCUT2D eigenvalue weighted by Crippen LogP contribution is -2.62. The summed E-state index contributed by atoms with van der Waals surface area (Å²) in [6.45, 7) is 4.47. The molecule has 2 aliphatic heterocycles. The molecule has 0 amide bonds. The Hall–Kier alpha value is -1.28. The number of ether oxygens (including phenoxy) is 4. The second-order valence-electron chi connectivity index (χ2n) is 7.06. The van der Waals surface area contributed by atoms with Gasteiger partial charge in [0.1, 0.15) is 24.4 Å². The van der Waals surface area contributed by atoms with Crippen molar-refractivity contribution in [2.45, 2.75) is 69.1 Å². The molecule has 1 aromatic carbocycles. The molecule has 0 saturated carbocycles. The zero-order valence-corrected chi connectivity index (χ0v) is 15.6. The van der Waals surface area contributed by atoms with E-state index in [1.165, 1.54) is 0 Å². The highest BCUT2D eigenvalue weighted by Gasteiger charge is 2.49. The quantitative estimate of drug-likeness (QED) is 0.508. The highest BCUT2D eigenvalue weighted by Crippen LogP contribution is 2.34. The second-order valence-corrected chi connectivity index (χ2v) is 7.06. The van der Waals surface area contributed by atoms with E-state index in [1.54, 1.807) is 0 Å². The zero-order chi connectivity index (χ0) is 19.1.